The second-order valence-corrected chi connectivity index (χ2v) is 4.97. The van der Waals surface area contributed by atoms with E-state index in [0.29, 0.717) is 30.2 Å². The lowest BCUT2D eigenvalue weighted by atomic mass is 9.96. The third-order valence-corrected chi connectivity index (χ3v) is 3.37. The summed E-state index contributed by atoms with van der Waals surface area (Å²) in [6.45, 7) is 4.10. The van der Waals surface area contributed by atoms with Crippen molar-refractivity contribution in [2.24, 2.45) is 0 Å². The van der Waals surface area contributed by atoms with E-state index >= 15 is 0 Å². The lowest BCUT2D eigenvalue weighted by Gasteiger charge is -2.18. The minimum absolute atomic E-state index is 0.301. The van der Waals surface area contributed by atoms with Gasteiger partial charge in [0.05, 0.1) is 18.2 Å². The van der Waals surface area contributed by atoms with Crippen molar-refractivity contribution in [3.63, 3.8) is 0 Å². The second kappa shape index (κ2) is 3.73. The van der Waals surface area contributed by atoms with Crippen LogP contribution in [0.25, 0.3) is 0 Å². The molecular formula is C11H17N3O2. The van der Waals surface area contributed by atoms with Gasteiger partial charge in [0.1, 0.15) is 0 Å². The Labute approximate surface area is 94.6 Å². The number of anilines is 1. The predicted octanol–water partition coefficient (Wildman–Crippen LogP) is 1.92. The Morgan fingerprint density at radius 1 is 1.38 bits per heavy atom. The molecule has 0 aliphatic carbocycles. The molecule has 5 nitrogen and oxygen atoms in total. The first kappa shape index (κ1) is 10.1. The van der Waals surface area contributed by atoms with Crippen LogP contribution in [0.2, 0.25) is 0 Å². The van der Waals surface area contributed by atoms with Crippen molar-refractivity contribution in [1.82, 2.24) is 10.1 Å². The zero-order chi connectivity index (χ0) is 11.1. The van der Waals surface area contributed by atoms with Crippen LogP contribution in [0.3, 0.4) is 0 Å². The third kappa shape index (κ3) is 1.69. The van der Waals surface area contributed by atoms with Crippen LogP contribution in [0, 0.1) is 0 Å². The van der Waals surface area contributed by atoms with Gasteiger partial charge >= 0.3 is 6.01 Å². The average Bonchev–Trinajstić information content (AvgIpc) is 2.91. The number of hydrogen-bond acceptors (Lipinski definition) is 5. The highest BCUT2D eigenvalue weighted by Crippen LogP contribution is 2.35. The highest BCUT2D eigenvalue weighted by atomic mass is 16.5. The van der Waals surface area contributed by atoms with Crippen LogP contribution >= 0.6 is 0 Å². The van der Waals surface area contributed by atoms with E-state index in [-0.39, 0.29) is 0 Å². The molecule has 0 saturated carbocycles. The quantitative estimate of drug-likeness (QED) is 0.848. The molecule has 88 valence electrons. The number of hydrogen-bond donors (Lipinski definition) is 1. The lowest BCUT2D eigenvalue weighted by molar-refractivity contribution is 0.102. The molecule has 1 aromatic rings. The van der Waals surface area contributed by atoms with E-state index in [9.17, 15) is 0 Å². The molecule has 3 atom stereocenters. The van der Waals surface area contributed by atoms with Crippen LogP contribution in [0.4, 0.5) is 6.01 Å². The first-order valence-corrected chi connectivity index (χ1v) is 5.98. The molecule has 0 radical (unpaired) electrons. The number of aromatic nitrogens is 2. The molecule has 2 aliphatic heterocycles. The Morgan fingerprint density at radius 2 is 2.25 bits per heavy atom. The monoisotopic (exact) mass is 223 g/mol. The topological polar surface area (TPSA) is 60.2 Å². The van der Waals surface area contributed by atoms with Gasteiger partial charge in [0.2, 0.25) is 0 Å². The fourth-order valence-electron chi connectivity index (χ4n) is 2.48. The van der Waals surface area contributed by atoms with Crippen LogP contribution in [0.5, 0.6) is 0 Å². The number of ether oxygens (including phenoxy) is 1. The molecule has 2 bridgehead atoms. The van der Waals surface area contributed by atoms with E-state index in [0.717, 1.165) is 18.7 Å². The number of fused-ring (bicyclic) bond motifs is 2. The van der Waals surface area contributed by atoms with Gasteiger partial charge in [-0.15, -0.1) is 0 Å². The van der Waals surface area contributed by atoms with Crippen LogP contribution in [-0.2, 0) is 4.74 Å². The third-order valence-electron chi connectivity index (χ3n) is 3.37. The normalized spacial score (nSPS) is 32.6. The molecule has 0 aromatic carbocycles. The summed E-state index contributed by atoms with van der Waals surface area (Å²) in [5, 5.41) is 7.21. The molecule has 3 heterocycles. The molecule has 5 heteroatoms. The van der Waals surface area contributed by atoms with E-state index in [1.807, 2.05) is 0 Å². The van der Waals surface area contributed by atoms with Crippen molar-refractivity contribution in [2.75, 3.05) is 5.32 Å². The van der Waals surface area contributed by atoms with Gasteiger partial charge in [0, 0.05) is 5.92 Å². The van der Waals surface area contributed by atoms with Gasteiger partial charge in [0.25, 0.3) is 0 Å². The summed E-state index contributed by atoms with van der Waals surface area (Å²) in [6, 6.07) is 0.879. The van der Waals surface area contributed by atoms with Gasteiger partial charge in [-0.1, -0.05) is 19.0 Å². The van der Waals surface area contributed by atoms with E-state index in [1.165, 1.54) is 6.42 Å². The zero-order valence-electron chi connectivity index (χ0n) is 9.64. The zero-order valence-corrected chi connectivity index (χ0v) is 9.64. The lowest BCUT2D eigenvalue weighted by Crippen LogP contribution is -2.30. The minimum atomic E-state index is 0.301. The summed E-state index contributed by atoms with van der Waals surface area (Å²) in [6.07, 6.45) is 4.18. The summed E-state index contributed by atoms with van der Waals surface area (Å²) in [4.78, 5) is 4.31. The number of nitrogens with one attached hydrogen (secondary N) is 1. The van der Waals surface area contributed by atoms with Crippen LogP contribution in [-0.4, -0.2) is 28.4 Å². The van der Waals surface area contributed by atoms with Crippen LogP contribution in [0.1, 0.15) is 44.9 Å². The highest BCUT2D eigenvalue weighted by molar-refractivity contribution is 5.23. The summed E-state index contributed by atoms with van der Waals surface area (Å²) in [5.41, 5.74) is 0. The standard InChI is InChI=1S/C11H17N3O2/c1-6(2)10-13-11(16-14-10)12-8-5-7-3-4-9(8)15-7/h6-9H,3-5H2,1-2H3,(H,12,13,14)/t7-,8+,9-/m1/s1. The molecule has 0 amide bonds. The van der Waals surface area contributed by atoms with Crippen molar-refractivity contribution in [3.05, 3.63) is 5.82 Å². The Bertz CT molecular complexity index is 377. The Balaban J connectivity index is 1.65. The maximum absolute atomic E-state index is 5.76. The number of nitrogens with zero attached hydrogens (tertiary/aromatic N) is 2. The first-order chi connectivity index (χ1) is 7.72. The molecule has 3 rings (SSSR count). The van der Waals surface area contributed by atoms with E-state index in [1.54, 1.807) is 0 Å². The average molecular weight is 223 g/mol. The van der Waals surface area contributed by atoms with Gasteiger partial charge in [-0.3, -0.25) is 0 Å². The van der Waals surface area contributed by atoms with Gasteiger partial charge in [-0.05, 0) is 19.3 Å². The summed E-state index contributed by atoms with van der Waals surface area (Å²) in [5.74, 6) is 1.06. The molecular weight excluding hydrogens is 206 g/mol. The molecule has 1 N–H and O–H groups in total. The SMILES string of the molecule is CC(C)c1noc(N[C@H]2C[C@H]3CC[C@H]2O3)n1. The molecule has 16 heavy (non-hydrogen) atoms. The van der Waals surface area contributed by atoms with Crippen LogP contribution in [0.15, 0.2) is 4.52 Å². The van der Waals surface area contributed by atoms with Gasteiger partial charge < -0.3 is 14.6 Å². The predicted molar refractivity (Wildman–Crippen MR) is 58.3 cm³/mol. The summed E-state index contributed by atoms with van der Waals surface area (Å²) < 4.78 is 10.9. The summed E-state index contributed by atoms with van der Waals surface area (Å²) >= 11 is 0. The highest BCUT2D eigenvalue weighted by Gasteiger charge is 2.41. The molecule has 2 fully saturated rings. The molecule has 0 spiro atoms. The Morgan fingerprint density at radius 3 is 2.81 bits per heavy atom. The van der Waals surface area contributed by atoms with Crippen LogP contribution < -0.4 is 5.32 Å². The Kier molecular flexibility index (Phi) is 2.35. The minimum Gasteiger partial charge on any atom is -0.373 e. The second-order valence-electron chi connectivity index (χ2n) is 4.97. The fourth-order valence-corrected chi connectivity index (χ4v) is 2.48. The van der Waals surface area contributed by atoms with Gasteiger partial charge in [-0.25, -0.2) is 0 Å². The smallest absolute Gasteiger partial charge is 0.321 e. The molecule has 1 aromatic heterocycles. The maximum atomic E-state index is 5.76. The Hall–Kier alpha value is -1.10. The molecule has 2 saturated heterocycles. The van der Waals surface area contributed by atoms with E-state index in [2.05, 4.69) is 29.3 Å². The van der Waals surface area contributed by atoms with E-state index in [4.69, 9.17) is 9.26 Å². The van der Waals surface area contributed by atoms with Gasteiger partial charge in [0.15, 0.2) is 5.82 Å². The maximum Gasteiger partial charge on any atom is 0.321 e. The number of rotatable bonds is 3. The van der Waals surface area contributed by atoms with E-state index < -0.39 is 0 Å². The summed E-state index contributed by atoms with van der Waals surface area (Å²) in [7, 11) is 0. The molecule has 2 aliphatic rings. The molecule has 0 unspecified atom stereocenters. The van der Waals surface area contributed by atoms with Gasteiger partial charge in [-0.2, -0.15) is 4.98 Å². The van der Waals surface area contributed by atoms with Crippen molar-refractivity contribution in [3.8, 4) is 0 Å². The fraction of sp³-hybridized carbons (Fsp3) is 0.818. The van der Waals surface area contributed by atoms with Crippen molar-refractivity contribution in [1.29, 1.82) is 0 Å². The van der Waals surface area contributed by atoms with Crippen molar-refractivity contribution >= 4 is 6.01 Å². The largest absolute Gasteiger partial charge is 0.373 e. The first-order valence-electron chi connectivity index (χ1n) is 5.98. The van der Waals surface area contributed by atoms with Crippen molar-refractivity contribution in [2.45, 2.75) is 57.3 Å². The van der Waals surface area contributed by atoms with Crippen molar-refractivity contribution < 1.29 is 9.26 Å².